The van der Waals surface area contributed by atoms with Gasteiger partial charge in [-0.3, -0.25) is 0 Å². The van der Waals surface area contributed by atoms with Gasteiger partial charge in [0.1, 0.15) is 17.1 Å². The number of ether oxygens (including phenoxy) is 1. The lowest BCUT2D eigenvalue weighted by atomic mass is 10.2. The van der Waals surface area contributed by atoms with E-state index in [4.69, 9.17) is 15.5 Å². The number of hydrogen-bond donors (Lipinski definition) is 1. The molecule has 0 saturated heterocycles. The minimum Gasteiger partial charge on any atom is -0.494 e. The van der Waals surface area contributed by atoms with Crippen LogP contribution in [-0.2, 0) is 0 Å². The molecule has 1 aliphatic rings. The topological polar surface area (TPSA) is 104 Å². The number of methoxy groups -OCH3 is 1. The van der Waals surface area contributed by atoms with E-state index < -0.39 is 0 Å². The number of rotatable bonds is 3. The van der Waals surface area contributed by atoms with E-state index >= 15 is 0 Å². The zero-order valence-electron chi connectivity index (χ0n) is 14.4. The summed E-state index contributed by atoms with van der Waals surface area (Å²) in [6, 6.07) is 5.73. The third kappa shape index (κ3) is 2.18. The summed E-state index contributed by atoms with van der Waals surface area (Å²) in [5.74, 6) is 3.12. The molecule has 3 aromatic heterocycles. The molecule has 5 rings (SSSR count). The fraction of sp³-hybridized carbons (Fsp3) is 0.278. The number of aromatic nitrogens is 6. The van der Waals surface area contributed by atoms with E-state index in [9.17, 15) is 0 Å². The molecule has 8 heteroatoms. The number of nitrogens with two attached hydrogens (primary N) is 1. The van der Waals surface area contributed by atoms with Crippen molar-refractivity contribution in [1.82, 2.24) is 29.5 Å². The lowest BCUT2D eigenvalue weighted by Crippen LogP contribution is -2.03. The fourth-order valence-corrected chi connectivity index (χ4v) is 3.41. The predicted octanol–water partition coefficient (Wildman–Crippen LogP) is 2.24. The van der Waals surface area contributed by atoms with Crippen LogP contribution in [0.1, 0.15) is 35.5 Å². The van der Waals surface area contributed by atoms with Crippen LogP contribution in [0.15, 0.2) is 30.6 Å². The summed E-state index contributed by atoms with van der Waals surface area (Å²) < 4.78 is 7.00. The number of para-hydroxylation sites is 1. The van der Waals surface area contributed by atoms with Gasteiger partial charge in [0, 0.05) is 23.7 Å². The number of anilines is 1. The molecule has 1 fully saturated rings. The van der Waals surface area contributed by atoms with E-state index in [2.05, 4.69) is 20.1 Å². The van der Waals surface area contributed by atoms with Gasteiger partial charge in [-0.1, -0.05) is 6.07 Å². The number of fused-ring (bicyclic) bond motifs is 3. The highest BCUT2D eigenvalue weighted by atomic mass is 16.5. The van der Waals surface area contributed by atoms with Gasteiger partial charge >= 0.3 is 0 Å². The van der Waals surface area contributed by atoms with Crippen molar-refractivity contribution in [2.75, 3.05) is 12.8 Å². The van der Waals surface area contributed by atoms with Crippen LogP contribution in [0.3, 0.4) is 0 Å². The van der Waals surface area contributed by atoms with Crippen LogP contribution >= 0.6 is 0 Å². The summed E-state index contributed by atoms with van der Waals surface area (Å²) in [4.78, 5) is 17.8. The Kier molecular flexibility index (Phi) is 3.09. The molecule has 130 valence electrons. The maximum atomic E-state index is 6.12. The molecule has 1 saturated carbocycles. The Morgan fingerprint density at radius 2 is 1.96 bits per heavy atom. The smallest absolute Gasteiger partial charge is 0.223 e. The molecule has 3 heterocycles. The van der Waals surface area contributed by atoms with E-state index in [1.807, 2.05) is 37.5 Å². The quantitative estimate of drug-likeness (QED) is 0.606. The Bertz CT molecular complexity index is 1140. The molecule has 0 amide bonds. The van der Waals surface area contributed by atoms with Crippen LogP contribution in [0.25, 0.3) is 16.6 Å². The normalized spacial score (nSPS) is 19.2. The van der Waals surface area contributed by atoms with Gasteiger partial charge in [0.05, 0.1) is 7.11 Å². The van der Waals surface area contributed by atoms with Crippen LogP contribution < -0.4 is 10.5 Å². The molecular weight excluding hydrogens is 330 g/mol. The summed E-state index contributed by atoms with van der Waals surface area (Å²) in [6.45, 7) is 1.88. The molecule has 2 N–H and O–H groups in total. The van der Waals surface area contributed by atoms with Crippen molar-refractivity contribution < 1.29 is 4.74 Å². The third-order valence-electron chi connectivity index (χ3n) is 4.88. The highest BCUT2D eigenvalue weighted by molar-refractivity contribution is 5.95. The number of benzene rings is 1. The average Bonchev–Trinajstić information content (AvgIpc) is 3.32. The molecule has 2 unspecified atom stereocenters. The lowest BCUT2D eigenvalue weighted by Gasteiger charge is -2.06. The molecule has 2 atom stereocenters. The van der Waals surface area contributed by atoms with Gasteiger partial charge in [0.25, 0.3) is 0 Å². The monoisotopic (exact) mass is 347 g/mol. The molecule has 0 spiro atoms. The molecule has 26 heavy (non-hydrogen) atoms. The lowest BCUT2D eigenvalue weighted by molar-refractivity contribution is 0.419. The van der Waals surface area contributed by atoms with Crippen LogP contribution in [0, 0.1) is 6.92 Å². The van der Waals surface area contributed by atoms with Gasteiger partial charge in [0.2, 0.25) is 5.95 Å². The molecular formula is C18H17N7O. The van der Waals surface area contributed by atoms with Gasteiger partial charge in [-0.15, -0.1) is 5.10 Å². The van der Waals surface area contributed by atoms with Gasteiger partial charge < -0.3 is 10.5 Å². The molecule has 1 aliphatic carbocycles. The van der Waals surface area contributed by atoms with Gasteiger partial charge in [-0.25, -0.2) is 19.9 Å². The van der Waals surface area contributed by atoms with Crippen LogP contribution in [0.2, 0.25) is 0 Å². The van der Waals surface area contributed by atoms with E-state index in [1.165, 1.54) is 0 Å². The first-order valence-corrected chi connectivity index (χ1v) is 8.43. The number of nitrogens with zero attached hydrogens (tertiary/aromatic N) is 6. The zero-order valence-corrected chi connectivity index (χ0v) is 14.4. The van der Waals surface area contributed by atoms with Gasteiger partial charge in [-0.05, 0) is 37.0 Å². The SMILES string of the molecule is COc1cccc2c1nc(N)n1nc(C3CC3c3cnc(C)nc3)nc21. The minimum atomic E-state index is 0.251. The van der Waals surface area contributed by atoms with E-state index in [0.29, 0.717) is 28.8 Å². The second-order valence-corrected chi connectivity index (χ2v) is 6.54. The largest absolute Gasteiger partial charge is 0.494 e. The predicted molar refractivity (Wildman–Crippen MR) is 96.1 cm³/mol. The average molecular weight is 347 g/mol. The Balaban J connectivity index is 1.59. The Morgan fingerprint density at radius 1 is 1.15 bits per heavy atom. The molecule has 8 nitrogen and oxygen atoms in total. The van der Waals surface area contributed by atoms with E-state index in [0.717, 1.165) is 29.0 Å². The molecule has 4 aromatic rings. The second kappa shape index (κ2) is 5.35. The highest BCUT2D eigenvalue weighted by Crippen LogP contribution is 2.53. The maximum Gasteiger partial charge on any atom is 0.223 e. The number of nitrogen functional groups attached to an aromatic ring is 1. The molecule has 0 radical (unpaired) electrons. The molecule has 0 aliphatic heterocycles. The second-order valence-electron chi connectivity index (χ2n) is 6.54. The molecule has 0 bridgehead atoms. The van der Waals surface area contributed by atoms with Crippen molar-refractivity contribution in [2.24, 2.45) is 0 Å². The highest BCUT2D eigenvalue weighted by Gasteiger charge is 2.43. The van der Waals surface area contributed by atoms with Crippen molar-refractivity contribution >= 4 is 22.5 Å². The Labute approximate surface area is 149 Å². The van der Waals surface area contributed by atoms with Crippen LogP contribution in [0.5, 0.6) is 5.75 Å². The number of aryl methyl sites for hydroxylation is 1. The summed E-state index contributed by atoms with van der Waals surface area (Å²) >= 11 is 0. The maximum absolute atomic E-state index is 6.12. The van der Waals surface area contributed by atoms with Crippen LogP contribution in [0.4, 0.5) is 5.95 Å². The first kappa shape index (κ1) is 15.0. The van der Waals surface area contributed by atoms with E-state index in [1.54, 1.807) is 11.6 Å². The standard InChI is InChI=1S/C18H17N7O/c1-9-20-7-10(8-21-9)12-6-13(12)16-23-17-11-4-3-5-14(26-2)15(11)22-18(19)25(17)24-16/h3-5,7-8,12-13H,6H2,1-2H3,(H2,19,22). The number of hydrogen-bond acceptors (Lipinski definition) is 7. The van der Waals surface area contributed by atoms with Crippen molar-refractivity contribution in [3.63, 3.8) is 0 Å². The summed E-state index contributed by atoms with van der Waals surface area (Å²) in [7, 11) is 1.62. The van der Waals surface area contributed by atoms with Crippen molar-refractivity contribution in [3.8, 4) is 5.75 Å². The van der Waals surface area contributed by atoms with E-state index in [-0.39, 0.29) is 5.92 Å². The minimum absolute atomic E-state index is 0.251. The first-order valence-electron chi connectivity index (χ1n) is 8.43. The van der Waals surface area contributed by atoms with Gasteiger partial charge in [0.15, 0.2) is 11.5 Å². The summed E-state index contributed by atoms with van der Waals surface area (Å²) in [5, 5.41) is 5.48. The summed E-state index contributed by atoms with van der Waals surface area (Å²) in [6.07, 6.45) is 4.76. The Hall–Kier alpha value is -3.29. The fourth-order valence-electron chi connectivity index (χ4n) is 3.41. The Morgan fingerprint density at radius 3 is 2.73 bits per heavy atom. The van der Waals surface area contributed by atoms with Crippen molar-refractivity contribution in [2.45, 2.75) is 25.2 Å². The van der Waals surface area contributed by atoms with Crippen molar-refractivity contribution in [3.05, 3.63) is 47.8 Å². The molecule has 1 aromatic carbocycles. The third-order valence-corrected chi connectivity index (χ3v) is 4.88. The first-order chi connectivity index (χ1) is 12.7. The van der Waals surface area contributed by atoms with Gasteiger partial charge in [-0.2, -0.15) is 4.52 Å². The van der Waals surface area contributed by atoms with Crippen molar-refractivity contribution in [1.29, 1.82) is 0 Å². The van der Waals surface area contributed by atoms with Crippen LogP contribution in [-0.4, -0.2) is 36.7 Å². The zero-order chi connectivity index (χ0) is 17.8. The summed E-state index contributed by atoms with van der Waals surface area (Å²) in [5.41, 5.74) is 8.63.